The number of carbonyl (C=O) groups is 1. The molecule has 1 aliphatic rings. The fraction of sp³-hybridized carbons (Fsp3) is 0.391. The highest BCUT2D eigenvalue weighted by molar-refractivity contribution is 5.81. The number of anilines is 1. The molecule has 17 heteroatoms. The lowest BCUT2D eigenvalue weighted by Gasteiger charge is -2.26. The van der Waals surface area contributed by atoms with Gasteiger partial charge in [0.1, 0.15) is 36.2 Å². The maximum Gasteiger partial charge on any atom is 0.320 e. The number of ether oxygens (including phenoxy) is 1. The van der Waals surface area contributed by atoms with E-state index >= 15 is 0 Å². The van der Waals surface area contributed by atoms with Crippen molar-refractivity contribution in [2.24, 2.45) is 5.73 Å². The Kier molecular flexibility index (Phi) is 8.59. The molecule has 0 aliphatic carbocycles. The van der Waals surface area contributed by atoms with E-state index in [2.05, 4.69) is 15.0 Å². The Bertz CT molecular complexity index is 1410. The lowest BCUT2D eigenvalue weighted by Crippen LogP contribution is -2.42. The average molecular weight is 573 g/mol. The minimum atomic E-state index is -2.29. The van der Waals surface area contributed by atoms with Crippen LogP contribution in [0.4, 0.5) is 27.8 Å². The van der Waals surface area contributed by atoms with E-state index < -0.39 is 71.2 Å². The molecular formula is C23H24F5N7O5. The van der Waals surface area contributed by atoms with Crippen LogP contribution in [-0.2, 0) is 9.53 Å². The third-order valence-corrected chi connectivity index (χ3v) is 6.40. The molecule has 3 aromatic rings. The monoisotopic (exact) mass is 573 g/mol. The quantitative estimate of drug-likeness (QED) is 0.130. The molecule has 2 aromatic heterocycles. The van der Waals surface area contributed by atoms with Gasteiger partial charge in [0.05, 0.1) is 11.9 Å². The summed E-state index contributed by atoms with van der Waals surface area (Å²) in [4.78, 5) is 24.6. The largest absolute Gasteiger partial charge is 0.480 e. The van der Waals surface area contributed by atoms with Crippen molar-refractivity contribution in [2.75, 3.05) is 25.4 Å². The van der Waals surface area contributed by atoms with Crippen LogP contribution in [0.25, 0.3) is 17.2 Å². The van der Waals surface area contributed by atoms with Crippen molar-refractivity contribution in [3.8, 4) is 0 Å². The second-order valence-corrected chi connectivity index (χ2v) is 9.01. The molecule has 3 heterocycles. The summed E-state index contributed by atoms with van der Waals surface area (Å²) >= 11 is 0. The molecule has 40 heavy (non-hydrogen) atoms. The van der Waals surface area contributed by atoms with Crippen LogP contribution in [0.15, 0.2) is 18.7 Å². The van der Waals surface area contributed by atoms with E-state index in [4.69, 9.17) is 21.3 Å². The summed E-state index contributed by atoms with van der Waals surface area (Å²) in [5.74, 6) is -11.8. The van der Waals surface area contributed by atoms with Gasteiger partial charge in [-0.3, -0.25) is 14.3 Å². The Morgan fingerprint density at radius 1 is 1.07 bits per heavy atom. The van der Waals surface area contributed by atoms with Gasteiger partial charge in [0.15, 0.2) is 41.0 Å². The highest BCUT2D eigenvalue weighted by Gasteiger charge is 2.44. The number of carboxylic acids is 1. The zero-order valence-electron chi connectivity index (χ0n) is 20.5. The van der Waals surface area contributed by atoms with E-state index in [1.165, 1.54) is 22.1 Å². The summed E-state index contributed by atoms with van der Waals surface area (Å²) in [6.45, 7) is -0.413. The smallest absolute Gasteiger partial charge is 0.320 e. The molecule has 0 spiro atoms. The van der Waals surface area contributed by atoms with Gasteiger partial charge in [-0.1, -0.05) is 12.2 Å². The maximum absolute atomic E-state index is 14.0. The number of rotatable bonds is 10. The second-order valence-electron chi connectivity index (χ2n) is 9.01. The van der Waals surface area contributed by atoms with Crippen LogP contribution in [0, 0.1) is 29.1 Å². The number of aromatic nitrogens is 4. The number of imidazole rings is 1. The topological polar surface area (TPSA) is 186 Å². The maximum atomic E-state index is 14.0. The van der Waals surface area contributed by atoms with Crippen LogP contribution in [0.5, 0.6) is 0 Å². The van der Waals surface area contributed by atoms with Gasteiger partial charge >= 0.3 is 5.97 Å². The van der Waals surface area contributed by atoms with Crippen molar-refractivity contribution in [1.29, 1.82) is 0 Å². The van der Waals surface area contributed by atoms with Crippen LogP contribution in [0.1, 0.15) is 18.2 Å². The molecule has 7 N–H and O–H groups in total. The Hall–Kier alpha value is -3.77. The van der Waals surface area contributed by atoms with Crippen LogP contribution >= 0.6 is 0 Å². The van der Waals surface area contributed by atoms with Gasteiger partial charge in [0.25, 0.3) is 0 Å². The molecule has 5 atom stereocenters. The normalized spacial score (nSPS) is 22.1. The Balaban J connectivity index is 1.54. The first-order chi connectivity index (χ1) is 18.9. The summed E-state index contributed by atoms with van der Waals surface area (Å²) in [6, 6.07) is -1.28. The first-order valence-corrected chi connectivity index (χ1v) is 11.8. The van der Waals surface area contributed by atoms with E-state index in [1.807, 2.05) is 0 Å². The third kappa shape index (κ3) is 5.59. The number of aliphatic hydroxyl groups excluding tert-OH is 2. The van der Waals surface area contributed by atoms with E-state index in [9.17, 15) is 37.0 Å². The molecule has 0 saturated carbocycles. The Morgan fingerprint density at radius 2 is 1.73 bits per heavy atom. The average Bonchev–Trinajstić information content (AvgIpc) is 3.48. The van der Waals surface area contributed by atoms with Gasteiger partial charge in [-0.05, 0) is 6.42 Å². The van der Waals surface area contributed by atoms with E-state index in [-0.39, 0.29) is 43.0 Å². The van der Waals surface area contributed by atoms with Gasteiger partial charge < -0.3 is 31.5 Å². The molecule has 0 radical (unpaired) electrons. The number of nitrogen functional groups attached to an aromatic ring is 1. The van der Waals surface area contributed by atoms with Gasteiger partial charge in [0.2, 0.25) is 5.82 Å². The van der Waals surface area contributed by atoms with Crippen LogP contribution < -0.4 is 11.5 Å². The van der Waals surface area contributed by atoms with E-state index in [0.717, 1.165) is 6.08 Å². The molecular weight excluding hydrogens is 549 g/mol. The van der Waals surface area contributed by atoms with E-state index in [1.54, 1.807) is 0 Å². The van der Waals surface area contributed by atoms with Crippen molar-refractivity contribution in [2.45, 2.75) is 37.0 Å². The minimum absolute atomic E-state index is 0.0416. The molecule has 1 aliphatic heterocycles. The van der Waals surface area contributed by atoms with Gasteiger partial charge in [-0.2, -0.15) is 0 Å². The Morgan fingerprint density at radius 3 is 2.38 bits per heavy atom. The lowest BCUT2D eigenvalue weighted by atomic mass is 10.1. The first-order valence-electron chi connectivity index (χ1n) is 11.8. The number of aliphatic hydroxyl groups is 2. The van der Waals surface area contributed by atoms with Crippen LogP contribution in [-0.4, -0.2) is 89.7 Å². The number of benzene rings is 1. The predicted molar refractivity (Wildman–Crippen MR) is 128 cm³/mol. The fourth-order valence-corrected chi connectivity index (χ4v) is 4.21. The number of hydrogen-bond donors (Lipinski definition) is 5. The van der Waals surface area contributed by atoms with Crippen molar-refractivity contribution in [3.05, 3.63) is 53.4 Å². The van der Waals surface area contributed by atoms with Crippen molar-refractivity contribution in [3.63, 3.8) is 0 Å². The number of carboxylic acid groups (broad SMARTS) is 1. The number of nitrogens with zero attached hydrogens (tertiary/aromatic N) is 5. The Labute approximate surface area is 222 Å². The first kappa shape index (κ1) is 29.2. The number of halogens is 5. The van der Waals surface area contributed by atoms with Gasteiger partial charge in [0, 0.05) is 19.6 Å². The van der Waals surface area contributed by atoms with Crippen molar-refractivity contribution in [1.82, 2.24) is 24.4 Å². The van der Waals surface area contributed by atoms with Crippen molar-refractivity contribution < 1.29 is 46.8 Å². The van der Waals surface area contributed by atoms with E-state index in [0.29, 0.717) is 6.08 Å². The molecule has 0 bridgehead atoms. The predicted octanol–water partition coefficient (Wildman–Crippen LogP) is 0.541. The highest BCUT2D eigenvalue weighted by Crippen LogP contribution is 2.32. The zero-order valence-corrected chi connectivity index (χ0v) is 20.5. The number of nitrogens with two attached hydrogens (primary N) is 2. The minimum Gasteiger partial charge on any atom is -0.480 e. The van der Waals surface area contributed by atoms with Crippen molar-refractivity contribution >= 4 is 29.0 Å². The molecule has 12 nitrogen and oxygen atoms in total. The fourth-order valence-electron chi connectivity index (χ4n) is 4.21. The molecule has 0 unspecified atom stereocenters. The lowest BCUT2D eigenvalue weighted by molar-refractivity contribution is -0.138. The summed E-state index contributed by atoms with van der Waals surface area (Å²) < 4.78 is 75.7. The molecule has 1 fully saturated rings. The van der Waals surface area contributed by atoms with Crippen LogP contribution in [0.3, 0.4) is 0 Å². The molecule has 1 aromatic carbocycles. The van der Waals surface area contributed by atoms with Crippen LogP contribution in [0.2, 0.25) is 0 Å². The standard InChI is InChI=1S/C23H24F5N7O5/c24-12-9(13(25)15(27)16(28)14(12)26)2-1-4-34(5-3-10(29)23(38)39)6-11-18(36)19(37)22(40-11)35-8-33-17-20(30)31-7-32-21(17)35/h1-2,7-8,10-11,18-19,22,36-37H,3-6,29H2,(H,38,39)(H2,30,31,32)/b2-1+/t10-,11+,18+,19+,22+/m0/s1. The molecule has 0 amide bonds. The number of hydrogen-bond acceptors (Lipinski definition) is 10. The third-order valence-electron chi connectivity index (χ3n) is 6.40. The summed E-state index contributed by atoms with van der Waals surface area (Å²) in [5, 5.41) is 30.5. The molecule has 216 valence electrons. The van der Waals surface area contributed by atoms with Gasteiger partial charge in [-0.15, -0.1) is 0 Å². The SMILES string of the molecule is Nc1ncnc2c1ncn2[C@@H]1O[C@H](CN(C/C=C/c2c(F)c(F)c(F)c(F)c2F)CC[C@H](N)C(=O)O)[C@@H](O)[C@H]1O. The molecule has 1 saturated heterocycles. The molecule has 4 rings (SSSR count). The number of aliphatic carboxylic acids is 1. The van der Waals surface area contributed by atoms with Gasteiger partial charge in [-0.25, -0.2) is 36.9 Å². The second kappa shape index (κ2) is 11.8. The summed E-state index contributed by atoms with van der Waals surface area (Å²) in [6.07, 6.45) is -1.05. The zero-order chi connectivity index (χ0) is 29.3. The summed E-state index contributed by atoms with van der Waals surface area (Å²) in [5.41, 5.74) is 10.6. The number of fused-ring (bicyclic) bond motifs is 1. The summed E-state index contributed by atoms with van der Waals surface area (Å²) in [7, 11) is 0. The highest BCUT2D eigenvalue weighted by atomic mass is 19.2.